The van der Waals surface area contributed by atoms with E-state index in [2.05, 4.69) is 15.0 Å². The van der Waals surface area contributed by atoms with Crippen LogP contribution in [-0.2, 0) is 10.2 Å². The van der Waals surface area contributed by atoms with Crippen LogP contribution in [0.25, 0.3) is 0 Å². The van der Waals surface area contributed by atoms with Crippen molar-refractivity contribution in [2.45, 2.75) is 12.3 Å². The third-order valence-electron chi connectivity index (χ3n) is 2.80. The van der Waals surface area contributed by atoms with Gasteiger partial charge in [-0.05, 0) is 18.6 Å². The zero-order valence-corrected chi connectivity index (χ0v) is 9.24. The van der Waals surface area contributed by atoms with Crippen LogP contribution < -0.4 is 0 Å². The van der Waals surface area contributed by atoms with Gasteiger partial charge in [-0.1, -0.05) is 6.07 Å². The molecule has 0 fully saturated rings. The molecule has 0 radical (unpaired) electrons. The molecule has 0 aliphatic carbocycles. The number of nitrogens with zero attached hydrogens (tertiary/aromatic N) is 3. The fourth-order valence-corrected chi connectivity index (χ4v) is 1.63. The van der Waals surface area contributed by atoms with Crippen LogP contribution in [-0.4, -0.2) is 26.0 Å². The van der Waals surface area contributed by atoms with Gasteiger partial charge in [0.25, 0.3) is 0 Å². The Morgan fingerprint density at radius 3 is 2.35 bits per heavy atom. The van der Waals surface area contributed by atoms with Crippen molar-refractivity contribution in [2.24, 2.45) is 0 Å². The molecule has 0 aromatic carbocycles. The summed E-state index contributed by atoms with van der Waals surface area (Å²) in [7, 11) is 0. The van der Waals surface area contributed by atoms with Crippen molar-refractivity contribution < 1.29 is 9.90 Å². The molecular formula is C12H11N3O2. The maximum atomic E-state index is 11.5. The molecule has 1 unspecified atom stereocenters. The third-order valence-corrected chi connectivity index (χ3v) is 2.80. The van der Waals surface area contributed by atoms with E-state index < -0.39 is 11.4 Å². The van der Waals surface area contributed by atoms with E-state index in [1.807, 2.05) is 0 Å². The highest BCUT2D eigenvalue weighted by Gasteiger charge is 2.38. The molecule has 5 nitrogen and oxygen atoms in total. The Bertz CT molecular complexity index is 474. The number of hydrogen-bond acceptors (Lipinski definition) is 4. The highest BCUT2D eigenvalue weighted by molar-refractivity contribution is 5.85. The minimum absolute atomic E-state index is 0.528. The summed E-state index contributed by atoms with van der Waals surface area (Å²) in [5.41, 5.74) is -0.0574. The van der Waals surface area contributed by atoms with Crippen molar-refractivity contribution in [3.63, 3.8) is 0 Å². The number of aliphatic carboxylic acids is 1. The number of carboxylic acids is 1. The van der Waals surface area contributed by atoms with Crippen molar-refractivity contribution in [2.75, 3.05) is 0 Å². The Morgan fingerprint density at radius 1 is 1.18 bits per heavy atom. The van der Waals surface area contributed by atoms with Gasteiger partial charge >= 0.3 is 5.97 Å². The van der Waals surface area contributed by atoms with Crippen molar-refractivity contribution in [1.82, 2.24) is 15.0 Å². The van der Waals surface area contributed by atoms with Crippen LogP contribution in [0.4, 0.5) is 0 Å². The van der Waals surface area contributed by atoms with Crippen LogP contribution in [0.2, 0.25) is 0 Å². The van der Waals surface area contributed by atoms with Crippen LogP contribution in [0.1, 0.15) is 18.1 Å². The highest BCUT2D eigenvalue weighted by Crippen LogP contribution is 2.30. The van der Waals surface area contributed by atoms with Crippen LogP contribution in [0.5, 0.6) is 0 Å². The van der Waals surface area contributed by atoms with Gasteiger partial charge in [-0.2, -0.15) is 0 Å². The molecule has 2 heterocycles. The van der Waals surface area contributed by atoms with E-state index in [-0.39, 0.29) is 0 Å². The Balaban J connectivity index is 2.59. The van der Waals surface area contributed by atoms with Gasteiger partial charge in [0.15, 0.2) is 0 Å². The molecule has 2 aromatic heterocycles. The van der Waals surface area contributed by atoms with E-state index in [1.54, 1.807) is 31.5 Å². The van der Waals surface area contributed by atoms with E-state index in [0.29, 0.717) is 11.1 Å². The molecule has 0 spiro atoms. The summed E-state index contributed by atoms with van der Waals surface area (Å²) in [5, 5.41) is 9.46. The number of rotatable bonds is 3. The lowest BCUT2D eigenvalue weighted by Crippen LogP contribution is -2.34. The van der Waals surface area contributed by atoms with Gasteiger partial charge < -0.3 is 5.11 Å². The Kier molecular flexibility index (Phi) is 2.82. The predicted octanol–water partition coefficient (Wildman–Crippen LogP) is 1.26. The van der Waals surface area contributed by atoms with Crippen molar-refractivity contribution >= 4 is 5.97 Å². The van der Waals surface area contributed by atoms with Crippen molar-refractivity contribution in [1.29, 1.82) is 0 Å². The van der Waals surface area contributed by atoms with Gasteiger partial charge in [-0.3, -0.25) is 9.78 Å². The van der Waals surface area contributed by atoms with Crippen LogP contribution >= 0.6 is 0 Å². The fourth-order valence-electron chi connectivity index (χ4n) is 1.63. The minimum Gasteiger partial charge on any atom is -0.480 e. The number of aromatic nitrogens is 3. The molecule has 86 valence electrons. The zero-order valence-electron chi connectivity index (χ0n) is 9.24. The standard InChI is InChI=1S/C12H11N3O2/c1-12(11(16)17,9-3-2-4-13-5-9)10-6-14-8-15-7-10/h2-8H,1H3,(H,16,17). The molecule has 1 atom stereocenters. The first-order chi connectivity index (χ1) is 8.15. The first-order valence-electron chi connectivity index (χ1n) is 5.05. The quantitative estimate of drug-likeness (QED) is 0.857. The summed E-state index contributed by atoms with van der Waals surface area (Å²) in [4.78, 5) is 23.2. The highest BCUT2D eigenvalue weighted by atomic mass is 16.4. The maximum Gasteiger partial charge on any atom is 0.318 e. The van der Waals surface area contributed by atoms with Gasteiger partial charge in [0.1, 0.15) is 11.7 Å². The molecule has 2 rings (SSSR count). The molecule has 0 bridgehead atoms. The number of carbonyl (C=O) groups is 1. The normalized spacial score (nSPS) is 13.9. The Labute approximate surface area is 98.2 Å². The average molecular weight is 229 g/mol. The summed E-state index contributed by atoms with van der Waals surface area (Å²) in [5.74, 6) is -0.958. The van der Waals surface area contributed by atoms with Gasteiger partial charge in [0.05, 0.1) is 0 Å². The molecule has 0 saturated heterocycles. The first kappa shape index (κ1) is 11.2. The largest absolute Gasteiger partial charge is 0.480 e. The topological polar surface area (TPSA) is 76.0 Å². The lowest BCUT2D eigenvalue weighted by molar-refractivity contribution is -0.141. The van der Waals surface area contributed by atoms with Gasteiger partial charge in [0, 0.05) is 30.4 Å². The summed E-state index contributed by atoms with van der Waals surface area (Å²) in [6, 6.07) is 3.44. The number of pyridine rings is 1. The van der Waals surface area contributed by atoms with Crippen molar-refractivity contribution in [3.05, 3.63) is 54.4 Å². The molecule has 5 heteroatoms. The van der Waals surface area contributed by atoms with Gasteiger partial charge in [0.2, 0.25) is 0 Å². The van der Waals surface area contributed by atoms with Crippen LogP contribution in [0.15, 0.2) is 43.2 Å². The molecule has 0 aliphatic rings. The molecule has 2 aromatic rings. The SMILES string of the molecule is CC(C(=O)O)(c1cccnc1)c1cncnc1. The molecular weight excluding hydrogens is 218 g/mol. The average Bonchev–Trinajstić information content (AvgIpc) is 2.39. The van der Waals surface area contributed by atoms with Crippen molar-refractivity contribution in [3.8, 4) is 0 Å². The van der Waals surface area contributed by atoms with Crippen LogP contribution in [0, 0.1) is 0 Å². The zero-order chi connectivity index (χ0) is 12.3. The summed E-state index contributed by atoms with van der Waals surface area (Å²) in [6.07, 6.45) is 7.53. The second-order valence-electron chi connectivity index (χ2n) is 3.80. The molecule has 0 aliphatic heterocycles. The van der Waals surface area contributed by atoms with E-state index in [4.69, 9.17) is 0 Å². The van der Waals surface area contributed by atoms with E-state index in [0.717, 1.165) is 0 Å². The molecule has 1 N–H and O–H groups in total. The second kappa shape index (κ2) is 4.29. The maximum absolute atomic E-state index is 11.5. The fraction of sp³-hybridized carbons (Fsp3) is 0.167. The number of carboxylic acid groups (broad SMARTS) is 1. The summed E-state index contributed by atoms with van der Waals surface area (Å²) < 4.78 is 0. The Hall–Kier alpha value is -2.30. The van der Waals surface area contributed by atoms with E-state index in [9.17, 15) is 9.90 Å². The minimum atomic E-state index is -1.18. The molecule has 0 saturated carbocycles. The number of hydrogen-bond donors (Lipinski definition) is 1. The lowest BCUT2D eigenvalue weighted by Gasteiger charge is -2.24. The van der Waals surface area contributed by atoms with Gasteiger partial charge in [-0.15, -0.1) is 0 Å². The summed E-state index contributed by atoms with van der Waals surface area (Å²) >= 11 is 0. The second-order valence-corrected chi connectivity index (χ2v) is 3.80. The molecule has 0 amide bonds. The monoisotopic (exact) mass is 229 g/mol. The van der Waals surface area contributed by atoms with E-state index in [1.165, 1.54) is 18.7 Å². The molecule has 17 heavy (non-hydrogen) atoms. The Morgan fingerprint density at radius 2 is 1.82 bits per heavy atom. The lowest BCUT2D eigenvalue weighted by atomic mass is 9.78. The third kappa shape index (κ3) is 1.87. The predicted molar refractivity (Wildman–Crippen MR) is 60.4 cm³/mol. The van der Waals surface area contributed by atoms with Crippen LogP contribution in [0.3, 0.4) is 0 Å². The van der Waals surface area contributed by atoms with Gasteiger partial charge in [-0.25, -0.2) is 9.97 Å². The first-order valence-corrected chi connectivity index (χ1v) is 5.05. The summed E-state index contributed by atoms with van der Waals surface area (Å²) in [6.45, 7) is 1.62. The smallest absolute Gasteiger partial charge is 0.318 e. The van der Waals surface area contributed by atoms with E-state index >= 15 is 0 Å².